The van der Waals surface area contributed by atoms with Crippen LogP contribution >= 0.6 is 0 Å². The smallest absolute Gasteiger partial charge is 0.339 e. The molecule has 1 aromatic heterocycles. The minimum absolute atomic E-state index is 0.242. The van der Waals surface area contributed by atoms with Crippen molar-refractivity contribution in [2.24, 2.45) is 0 Å². The molecule has 0 radical (unpaired) electrons. The highest BCUT2D eigenvalue weighted by Crippen LogP contribution is 2.22. The van der Waals surface area contributed by atoms with Crippen LogP contribution in [-0.2, 0) is 4.74 Å². The summed E-state index contributed by atoms with van der Waals surface area (Å²) in [6, 6.07) is 18.0. The zero-order valence-corrected chi connectivity index (χ0v) is 16.6. The Labute approximate surface area is 169 Å². The van der Waals surface area contributed by atoms with Crippen molar-refractivity contribution in [3.63, 3.8) is 0 Å². The molecule has 0 spiro atoms. The van der Waals surface area contributed by atoms with Gasteiger partial charge < -0.3 is 15.4 Å². The minimum Gasteiger partial charge on any atom is -0.465 e. The van der Waals surface area contributed by atoms with Gasteiger partial charge in [-0.25, -0.2) is 9.78 Å². The number of carbonyl (C=O) groups is 2. The largest absolute Gasteiger partial charge is 0.465 e. The number of carbonyl (C=O) groups excluding carboxylic acids is 2. The Balaban J connectivity index is 1.76. The van der Waals surface area contributed by atoms with Crippen LogP contribution in [0, 0.1) is 0 Å². The number of para-hydroxylation sites is 1. The van der Waals surface area contributed by atoms with Crippen LogP contribution in [0.2, 0.25) is 0 Å². The molecule has 0 aliphatic rings. The molecule has 0 saturated heterocycles. The van der Waals surface area contributed by atoms with Gasteiger partial charge in [0.2, 0.25) is 0 Å². The van der Waals surface area contributed by atoms with Gasteiger partial charge >= 0.3 is 5.97 Å². The van der Waals surface area contributed by atoms with E-state index in [1.807, 2.05) is 24.3 Å². The Hall–Kier alpha value is -3.67. The third-order valence-electron chi connectivity index (χ3n) is 4.45. The fraction of sp³-hybridized carbons (Fsp3) is 0.174. The maximum atomic E-state index is 12.6. The number of rotatable bonds is 6. The number of amides is 1. The molecule has 29 heavy (non-hydrogen) atoms. The summed E-state index contributed by atoms with van der Waals surface area (Å²) in [5.41, 5.74) is 3.32. The van der Waals surface area contributed by atoms with Crippen LogP contribution in [0.15, 0.2) is 66.9 Å². The molecule has 148 valence electrons. The molecule has 2 aromatic carbocycles. The van der Waals surface area contributed by atoms with Gasteiger partial charge in [0, 0.05) is 17.4 Å². The van der Waals surface area contributed by atoms with E-state index in [2.05, 4.69) is 29.5 Å². The van der Waals surface area contributed by atoms with Crippen LogP contribution in [0.5, 0.6) is 0 Å². The number of aromatic nitrogens is 1. The van der Waals surface area contributed by atoms with E-state index in [9.17, 15) is 9.59 Å². The van der Waals surface area contributed by atoms with Gasteiger partial charge in [0.15, 0.2) is 0 Å². The molecule has 1 amide bonds. The first kappa shape index (κ1) is 20.1. The Morgan fingerprint density at radius 3 is 2.41 bits per heavy atom. The van der Waals surface area contributed by atoms with Crippen LogP contribution in [0.3, 0.4) is 0 Å². The van der Waals surface area contributed by atoms with E-state index in [4.69, 9.17) is 4.74 Å². The Morgan fingerprint density at radius 2 is 1.72 bits per heavy atom. The van der Waals surface area contributed by atoms with Crippen molar-refractivity contribution in [1.29, 1.82) is 0 Å². The third-order valence-corrected chi connectivity index (χ3v) is 4.45. The molecule has 3 aromatic rings. The zero-order chi connectivity index (χ0) is 20.8. The first-order valence-corrected chi connectivity index (χ1v) is 9.29. The summed E-state index contributed by atoms with van der Waals surface area (Å²) in [6.07, 6.45) is 1.54. The molecule has 6 nitrogen and oxygen atoms in total. The molecule has 0 fully saturated rings. The fourth-order valence-corrected chi connectivity index (χ4v) is 2.81. The molecule has 0 unspecified atom stereocenters. The molecule has 0 atom stereocenters. The van der Waals surface area contributed by atoms with E-state index in [1.165, 1.54) is 12.7 Å². The van der Waals surface area contributed by atoms with E-state index in [0.717, 1.165) is 5.69 Å². The quantitative estimate of drug-likeness (QED) is 0.581. The molecule has 3 rings (SSSR count). The maximum absolute atomic E-state index is 12.6. The Bertz CT molecular complexity index is 1010. The average molecular weight is 389 g/mol. The van der Waals surface area contributed by atoms with Gasteiger partial charge in [-0.1, -0.05) is 38.1 Å². The summed E-state index contributed by atoms with van der Waals surface area (Å²) in [5, 5.41) is 5.96. The second-order valence-electron chi connectivity index (χ2n) is 6.82. The molecule has 1 heterocycles. The summed E-state index contributed by atoms with van der Waals surface area (Å²) in [7, 11) is 1.33. The van der Waals surface area contributed by atoms with Crippen molar-refractivity contribution >= 4 is 29.1 Å². The predicted molar refractivity (Wildman–Crippen MR) is 114 cm³/mol. The van der Waals surface area contributed by atoms with Gasteiger partial charge in [0.05, 0.1) is 18.4 Å². The minimum atomic E-state index is -0.452. The SMILES string of the molecule is COC(=O)c1ccccc1Nc1cc(C(=O)Nc2ccc(C(C)C)cc2)ccn1. The maximum Gasteiger partial charge on any atom is 0.339 e. The highest BCUT2D eigenvalue weighted by atomic mass is 16.5. The molecule has 0 saturated carbocycles. The van der Waals surface area contributed by atoms with E-state index < -0.39 is 5.97 Å². The van der Waals surface area contributed by atoms with E-state index >= 15 is 0 Å². The fourth-order valence-electron chi connectivity index (χ4n) is 2.81. The van der Waals surface area contributed by atoms with E-state index in [0.29, 0.717) is 28.6 Å². The van der Waals surface area contributed by atoms with Gasteiger partial charge in [-0.15, -0.1) is 0 Å². The van der Waals surface area contributed by atoms with Crippen molar-refractivity contribution in [1.82, 2.24) is 4.98 Å². The van der Waals surface area contributed by atoms with E-state index in [1.54, 1.807) is 42.6 Å². The van der Waals surface area contributed by atoms with Crippen LogP contribution in [-0.4, -0.2) is 24.0 Å². The van der Waals surface area contributed by atoms with Crippen LogP contribution in [0.25, 0.3) is 0 Å². The van der Waals surface area contributed by atoms with Crippen molar-refractivity contribution in [2.75, 3.05) is 17.7 Å². The average Bonchev–Trinajstić information content (AvgIpc) is 2.74. The first-order chi connectivity index (χ1) is 14.0. The van der Waals surface area contributed by atoms with Crippen molar-refractivity contribution in [3.05, 3.63) is 83.6 Å². The summed E-state index contributed by atoms with van der Waals surface area (Å²) in [4.78, 5) is 28.8. The number of esters is 1. The number of hydrogen-bond donors (Lipinski definition) is 2. The lowest BCUT2D eigenvalue weighted by Gasteiger charge is -2.11. The van der Waals surface area contributed by atoms with Gasteiger partial charge in [-0.2, -0.15) is 0 Å². The highest BCUT2D eigenvalue weighted by Gasteiger charge is 2.13. The van der Waals surface area contributed by atoms with Crippen LogP contribution < -0.4 is 10.6 Å². The van der Waals surface area contributed by atoms with Gasteiger partial charge in [0.1, 0.15) is 5.82 Å². The Morgan fingerprint density at radius 1 is 1.00 bits per heavy atom. The second-order valence-corrected chi connectivity index (χ2v) is 6.82. The lowest BCUT2D eigenvalue weighted by molar-refractivity contribution is 0.0601. The number of ether oxygens (including phenoxy) is 1. The number of methoxy groups -OCH3 is 1. The van der Waals surface area contributed by atoms with Crippen LogP contribution in [0.4, 0.5) is 17.2 Å². The summed E-state index contributed by atoms with van der Waals surface area (Å²) in [5.74, 6) is 0.187. The van der Waals surface area contributed by atoms with Gasteiger partial charge in [-0.3, -0.25) is 4.79 Å². The summed E-state index contributed by atoms with van der Waals surface area (Å²) >= 11 is 0. The number of pyridine rings is 1. The standard InChI is InChI=1S/C23H23N3O3/c1-15(2)16-8-10-18(11-9-16)25-22(27)17-12-13-24-21(14-17)26-20-7-5-4-6-19(20)23(28)29-3/h4-15H,1-3H3,(H,24,26)(H,25,27). The Kier molecular flexibility index (Phi) is 6.24. The van der Waals surface area contributed by atoms with Crippen LogP contribution in [0.1, 0.15) is 46.0 Å². The number of hydrogen-bond acceptors (Lipinski definition) is 5. The molecule has 2 N–H and O–H groups in total. The van der Waals surface area contributed by atoms with Gasteiger partial charge in [0.25, 0.3) is 5.91 Å². The van der Waals surface area contributed by atoms with E-state index in [-0.39, 0.29) is 5.91 Å². The van der Waals surface area contributed by atoms with Crippen molar-refractivity contribution < 1.29 is 14.3 Å². The monoisotopic (exact) mass is 389 g/mol. The third kappa shape index (κ3) is 4.99. The second kappa shape index (κ2) is 9.01. The van der Waals surface area contributed by atoms with Crippen molar-refractivity contribution in [3.8, 4) is 0 Å². The number of nitrogens with zero attached hydrogens (tertiary/aromatic N) is 1. The summed E-state index contributed by atoms with van der Waals surface area (Å²) < 4.78 is 4.80. The normalized spacial score (nSPS) is 10.5. The zero-order valence-electron chi connectivity index (χ0n) is 16.6. The number of nitrogens with one attached hydrogen (secondary N) is 2. The van der Waals surface area contributed by atoms with Crippen molar-refractivity contribution in [2.45, 2.75) is 19.8 Å². The lowest BCUT2D eigenvalue weighted by atomic mass is 10.0. The lowest BCUT2D eigenvalue weighted by Crippen LogP contribution is -2.12. The highest BCUT2D eigenvalue weighted by molar-refractivity contribution is 6.04. The predicted octanol–water partition coefficient (Wildman–Crippen LogP) is 4.99. The number of anilines is 3. The number of benzene rings is 2. The van der Waals surface area contributed by atoms with Gasteiger partial charge in [-0.05, 0) is 47.9 Å². The molecular weight excluding hydrogens is 366 g/mol. The molecule has 6 heteroatoms. The topological polar surface area (TPSA) is 80.3 Å². The summed E-state index contributed by atoms with van der Waals surface area (Å²) in [6.45, 7) is 4.24. The molecule has 0 aliphatic carbocycles. The molecule has 0 bridgehead atoms. The first-order valence-electron chi connectivity index (χ1n) is 9.29. The molecular formula is C23H23N3O3. The molecule has 0 aliphatic heterocycles.